The van der Waals surface area contributed by atoms with Crippen molar-refractivity contribution in [3.63, 3.8) is 0 Å². The summed E-state index contributed by atoms with van der Waals surface area (Å²) < 4.78 is 10.4. The third-order valence-corrected chi connectivity index (χ3v) is 4.77. The number of carbonyl (C=O) groups excluding carboxylic acids is 1. The van der Waals surface area contributed by atoms with Gasteiger partial charge in [-0.1, -0.05) is 35.5 Å². The minimum absolute atomic E-state index is 0.104. The first-order valence-corrected chi connectivity index (χ1v) is 9.61. The van der Waals surface area contributed by atoms with E-state index < -0.39 is 18.2 Å². The number of carbonyl (C=O) groups is 1. The van der Waals surface area contributed by atoms with Crippen LogP contribution in [0.25, 0.3) is 0 Å². The summed E-state index contributed by atoms with van der Waals surface area (Å²) in [6.45, 7) is 3.56. The second-order valence-electron chi connectivity index (χ2n) is 7.07. The van der Waals surface area contributed by atoms with Gasteiger partial charge in [0.25, 0.3) is 0 Å². The third-order valence-electron chi connectivity index (χ3n) is 4.77. The fourth-order valence-electron chi connectivity index (χ4n) is 3.15. The molecule has 0 unspecified atom stereocenters. The summed E-state index contributed by atoms with van der Waals surface area (Å²) in [5.74, 6) is 1.61. The summed E-state index contributed by atoms with van der Waals surface area (Å²) in [7, 11) is 0. The number of cyclic esters (lactones) is 1. The molecule has 2 aromatic heterocycles. The third kappa shape index (κ3) is 4.23. The Hall–Kier alpha value is -3.53. The molecular formula is C20H22N6O4. The topological polar surface area (TPSA) is 127 Å². The van der Waals surface area contributed by atoms with Gasteiger partial charge in [0.05, 0.1) is 18.6 Å². The van der Waals surface area contributed by atoms with Crippen LogP contribution in [0.3, 0.4) is 0 Å². The smallest absolute Gasteiger partial charge is 0.416 e. The van der Waals surface area contributed by atoms with Crippen molar-refractivity contribution in [1.29, 1.82) is 0 Å². The summed E-state index contributed by atoms with van der Waals surface area (Å²) in [6.07, 6.45) is 0.759. The van der Waals surface area contributed by atoms with Crippen LogP contribution < -0.4 is 10.2 Å². The van der Waals surface area contributed by atoms with Gasteiger partial charge in [-0.2, -0.15) is 9.97 Å². The lowest BCUT2D eigenvalue weighted by molar-refractivity contribution is 0.142. The van der Waals surface area contributed by atoms with Gasteiger partial charge < -0.3 is 19.7 Å². The lowest BCUT2D eigenvalue weighted by Gasteiger charge is -2.22. The maximum Gasteiger partial charge on any atom is 0.416 e. The number of nitrogens with zero attached hydrogens (tertiary/aromatic N) is 5. The highest BCUT2D eigenvalue weighted by molar-refractivity contribution is 5.89. The number of aliphatic hydroxyl groups excluding tert-OH is 1. The molecule has 30 heavy (non-hydrogen) atoms. The molecule has 0 bridgehead atoms. The number of anilines is 2. The van der Waals surface area contributed by atoms with Crippen molar-refractivity contribution in [2.45, 2.75) is 38.5 Å². The zero-order chi connectivity index (χ0) is 21.1. The maximum atomic E-state index is 12.1. The second-order valence-corrected chi connectivity index (χ2v) is 7.07. The van der Waals surface area contributed by atoms with Crippen LogP contribution >= 0.6 is 0 Å². The second kappa shape index (κ2) is 8.46. The van der Waals surface area contributed by atoms with E-state index >= 15 is 0 Å². The molecule has 3 heterocycles. The van der Waals surface area contributed by atoms with E-state index in [1.807, 2.05) is 37.3 Å². The molecule has 156 valence electrons. The van der Waals surface area contributed by atoms with Crippen LogP contribution in [0, 0.1) is 0 Å². The summed E-state index contributed by atoms with van der Waals surface area (Å²) >= 11 is 0. The Morgan fingerprint density at radius 2 is 2.03 bits per heavy atom. The van der Waals surface area contributed by atoms with Crippen molar-refractivity contribution in [3.05, 3.63) is 59.9 Å². The Morgan fingerprint density at radius 1 is 1.23 bits per heavy atom. The summed E-state index contributed by atoms with van der Waals surface area (Å²) in [5, 5.41) is 17.1. The van der Waals surface area contributed by atoms with Gasteiger partial charge in [0, 0.05) is 6.20 Å². The fourth-order valence-corrected chi connectivity index (χ4v) is 3.15. The van der Waals surface area contributed by atoms with Crippen molar-refractivity contribution < 1.29 is 19.2 Å². The van der Waals surface area contributed by atoms with Gasteiger partial charge in [-0.25, -0.2) is 9.78 Å². The number of aromatic nitrogens is 4. The highest BCUT2D eigenvalue weighted by Crippen LogP contribution is 2.24. The predicted molar refractivity (Wildman–Crippen MR) is 107 cm³/mol. The minimum atomic E-state index is -0.760. The van der Waals surface area contributed by atoms with Crippen LogP contribution in [-0.4, -0.2) is 50.1 Å². The van der Waals surface area contributed by atoms with Crippen molar-refractivity contribution in [2.75, 3.05) is 16.8 Å². The number of nitrogens with one attached hydrogen (secondary N) is 1. The molecule has 0 aliphatic carbocycles. The fraction of sp³-hybridized carbons (Fsp3) is 0.350. The van der Waals surface area contributed by atoms with Crippen molar-refractivity contribution in [1.82, 2.24) is 20.1 Å². The van der Waals surface area contributed by atoms with Gasteiger partial charge in [0.15, 0.2) is 5.82 Å². The molecule has 4 rings (SSSR count). The van der Waals surface area contributed by atoms with E-state index in [9.17, 15) is 9.90 Å². The van der Waals surface area contributed by atoms with Crippen molar-refractivity contribution in [2.24, 2.45) is 0 Å². The number of benzene rings is 1. The molecule has 3 atom stereocenters. The quantitative estimate of drug-likeness (QED) is 0.603. The number of ether oxygens (including phenoxy) is 1. The van der Waals surface area contributed by atoms with E-state index in [0.717, 1.165) is 5.56 Å². The molecule has 1 aromatic carbocycles. The summed E-state index contributed by atoms with van der Waals surface area (Å²) in [4.78, 5) is 26.4. The van der Waals surface area contributed by atoms with Crippen molar-refractivity contribution >= 4 is 17.9 Å². The molecule has 0 radical (unpaired) electrons. The summed E-state index contributed by atoms with van der Waals surface area (Å²) in [5.41, 5.74) is 1.08. The van der Waals surface area contributed by atoms with Gasteiger partial charge in [-0.05, 0) is 25.5 Å². The summed E-state index contributed by atoms with van der Waals surface area (Å²) in [6, 6.07) is 10.6. The number of aliphatic hydroxyl groups is 1. The highest BCUT2D eigenvalue weighted by atomic mass is 16.6. The molecule has 3 aromatic rings. The van der Waals surface area contributed by atoms with Gasteiger partial charge in [0.1, 0.15) is 18.5 Å². The van der Waals surface area contributed by atoms with E-state index in [1.165, 1.54) is 11.1 Å². The van der Waals surface area contributed by atoms with E-state index in [0.29, 0.717) is 29.9 Å². The van der Waals surface area contributed by atoms with Crippen LogP contribution in [0.15, 0.2) is 47.1 Å². The monoisotopic (exact) mass is 410 g/mol. The molecule has 1 aliphatic rings. The first kappa shape index (κ1) is 19.8. The average Bonchev–Trinajstić information content (AvgIpc) is 3.36. The Labute approximate surface area is 172 Å². The average molecular weight is 410 g/mol. The van der Waals surface area contributed by atoms with Crippen LogP contribution in [0.4, 0.5) is 16.6 Å². The molecule has 2 N–H and O–H groups in total. The lowest BCUT2D eigenvalue weighted by atomic mass is 10.1. The van der Waals surface area contributed by atoms with Gasteiger partial charge in [0.2, 0.25) is 11.8 Å². The largest absolute Gasteiger partial charge is 0.447 e. The van der Waals surface area contributed by atoms with Crippen LogP contribution in [0.5, 0.6) is 0 Å². The molecule has 1 saturated heterocycles. The maximum absolute atomic E-state index is 12.1. The van der Waals surface area contributed by atoms with E-state index in [1.54, 1.807) is 13.0 Å². The van der Waals surface area contributed by atoms with Crippen LogP contribution in [0.2, 0.25) is 0 Å². The van der Waals surface area contributed by atoms with E-state index in [-0.39, 0.29) is 12.6 Å². The van der Waals surface area contributed by atoms with Gasteiger partial charge in [-0.3, -0.25) is 4.90 Å². The number of hydrogen-bond donors (Lipinski definition) is 2. The Kier molecular flexibility index (Phi) is 5.57. The molecule has 10 nitrogen and oxygen atoms in total. The Bertz CT molecular complexity index is 1010. The minimum Gasteiger partial charge on any atom is -0.447 e. The molecular weight excluding hydrogens is 388 g/mol. The highest BCUT2D eigenvalue weighted by Gasteiger charge is 2.38. The zero-order valence-corrected chi connectivity index (χ0v) is 16.6. The molecule has 10 heteroatoms. The van der Waals surface area contributed by atoms with Gasteiger partial charge >= 0.3 is 6.09 Å². The van der Waals surface area contributed by atoms with Crippen LogP contribution in [0.1, 0.15) is 37.2 Å². The van der Waals surface area contributed by atoms with E-state index in [4.69, 9.17) is 9.26 Å². The number of amides is 1. The Balaban J connectivity index is 1.46. The Morgan fingerprint density at radius 3 is 2.80 bits per heavy atom. The first-order chi connectivity index (χ1) is 14.5. The lowest BCUT2D eigenvalue weighted by Crippen LogP contribution is -2.41. The molecule has 0 saturated carbocycles. The van der Waals surface area contributed by atoms with Crippen LogP contribution in [-0.2, 0) is 11.2 Å². The predicted octanol–water partition coefficient (Wildman–Crippen LogP) is 2.33. The molecule has 1 fully saturated rings. The standard InChI is InChI=1S/C20H22N6O4/c1-12(18-24-17(30-25-18)10-14-6-4-3-5-7-14)22-19-21-9-8-16(23-19)26-15(13(2)27)11-29-20(26)28/h3-9,12-13,15,27H,10-11H2,1-2H3,(H,21,22,23)/t12-,13-,15-/m1/s1. The molecule has 1 amide bonds. The molecule has 0 spiro atoms. The SMILES string of the molecule is C[C@@H](Nc1nccc(N2C(=O)OC[C@@H]2[C@@H](C)O)n1)c1noc(Cc2ccccc2)n1. The molecule has 1 aliphatic heterocycles. The van der Waals surface area contributed by atoms with E-state index in [2.05, 4.69) is 25.4 Å². The number of rotatable bonds is 7. The zero-order valence-electron chi connectivity index (χ0n) is 16.6. The first-order valence-electron chi connectivity index (χ1n) is 9.61. The normalized spacial score (nSPS) is 18.2. The van der Waals surface area contributed by atoms with Crippen molar-refractivity contribution in [3.8, 4) is 0 Å². The number of hydrogen-bond acceptors (Lipinski definition) is 9. The van der Waals surface area contributed by atoms with Gasteiger partial charge in [-0.15, -0.1) is 0 Å².